The van der Waals surface area contributed by atoms with Gasteiger partial charge < -0.3 is 10.4 Å². The van der Waals surface area contributed by atoms with Crippen LogP contribution in [0.5, 0.6) is 0 Å². The molecular formula is C6H14NO3S+. The molecule has 1 heterocycles. The van der Waals surface area contributed by atoms with Crippen molar-refractivity contribution in [3.8, 4) is 0 Å². The average Bonchev–Trinajstić information content (AvgIpc) is 2.26. The van der Waals surface area contributed by atoms with E-state index in [0.29, 0.717) is 12.3 Å². The summed E-state index contributed by atoms with van der Waals surface area (Å²) in [5.74, 6) is 0.604. The Morgan fingerprint density at radius 1 is 1.55 bits per heavy atom. The maximum atomic E-state index is 10.9. The highest BCUT2D eigenvalue weighted by atomic mass is 32.2. The molecule has 0 spiro atoms. The highest BCUT2D eigenvalue weighted by Gasteiger charge is 2.29. The number of rotatable bonds is 3. The van der Waals surface area contributed by atoms with Crippen molar-refractivity contribution in [2.24, 2.45) is 0 Å². The van der Waals surface area contributed by atoms with Gasteiger partial charge in [-0.1, -0.05) is 0 Å². The first-order chi connectivity index (χ1) is 5.14. The molecule has 11 heavy (non-hydrogen) atoms. The summed E-state index contributed by atoms with van der Waals surface area (Å²) in [5, 5.41) is 10.4. The minimum Gasteiger partial charge on any atom is -0.391 e. The monoisotopic (exact) mass is 180 g/mol. The highest BCUT2D eigenvalue weighted by molar-refractivity contribution is 7.91. The molecule has 1 atom stereocenters. The molecule has 0 unspecified atom stereocenters. The fourth-order valence-electron chi connectivity index (χ4n) is 1.32. The minimum atomic E-state index is -2.74. The molecule has 0 aromatic carbocycles. The lowest BCUT2D eigenvalue weighted by Crippen LogP contribution is -2.91. The van der Waals surface area contributed by atoms with Gasteiger partial charge in [-0.05, 0) is 0 Å². The van der Waals surface area contributed by atoms with Crippen molar-refractivity contribution < 1.29 is 18.8 Å². The molecule has 1 fully saturated rings. The lowest BCUT2D eigenvalue weighted by molar-refractivity contribution is -0.685. The summed E-state index contributed by atoms with van der Waals surface area (Å²) in [6, 6.07) is 0.187. The number of aliphatic hydroxyl groups excluding tert-OH is 1. The number of hydrogen-bond acceptors (Lipinski definition) is 3. The van der Waals surface area contributed by atoms with Crippen molar-refractivity contribution in [2.45, 2.75) is 12.5 Å². The van der Waals surface area contributed by atoms with Crippen LogP contribution in [0.25, 0.3) is 0 Å². The number of hydrogen-bond donors (Lipinski definition) is 2. The molecule has 0 radical (unpaired) electrons. The molecule has 5 heteroatoms. The molecule has 1 saturated heterocycles. The maximum absolute atomic E-state index is 10.9. The Bertz CT molecular complexity index is 212. The second-order valence-electron chi connectivity index (χ2n) is 2.91. The molecule has 0 aliphatic carbocycles. The van der Waals surface area contributed by atoms with E-state index in [1.807, 2.05) is 5.32 Å². The van der Waals surface area contributed by atoms with E-state index in [1.165, 1.54) is 0 Å². The van der Waals surface area contributed by atoms with E-state index >= 15 is 0 Å². The summed E-state index contributed by atoms with van der Waals surface area (Å²) in [7, 11) is -2.74. The van der Waals surface area contributed by atoms with Gasteiger partial charge in [-0.25, -0.2) is 8.42 Å². The van der Waals surface area contributed by atoms with Crippen molar-refractivity contribution in [1.29, 1.82) is 0 Å². The van der Waals surface area contributed by atoms with Gasteiger partial charge in [0, 0.05) is 6.42 Å². The average molecular weight is 180 g/mol. The second-order valence-corrected chi connectivity index (χ2v) is 5.14. The SMILES string of the molecule is O=S1(=O)CC[C@@H]([NH2+]CCO)C1. The number of quaternary nitrogens is 1. The van der Waals surface area contributed by atoms with Gasteiger partial charge >= 0.3 is 0 Å². The highest BCUT2D eigenvalue weighted by Crippen LogP contribution is 2.07. The molecule has 66 valence electrons. The van der Waals surface area contributed by atoms with E-state index in [9.17, 15) is 8.42 Å². The third kappa shape index (κ3) is 2.76. The Labute approximate surface area is 66.5 Å². The van der Waals surface area contributed by atoms with Gasteiger partial charge in [-0.3, -0.25) is 0 Å². The van der Waals surface area contributed by atoms with Gasteiger partial charge in [-0.15, -0.1) is 0 Å². The van der Waals surface area contributed by atoms with Crippen LogP contribution in [0.2, 0.25) is 0 Å². The zero-order valence-electron chi connectivity index (χ0n) is 6.36. The predicted molar refractivity (Wildman–Crippen MR) is 40.9 cm³/mol. The van der Waals surface area contributed by atoms with Crippen LogP contribution in [0.3, 0.4) is 0 Å². The normalized spacial score (nSPS) is 29.0. The summed E-state index contributed by atoms with van der Waals surface area (Å²) in [6.45, 7) is 0.733. The fraction of sp³-hybridized carbons (Fsp3) is 1.00. The van der Waals surface area contributed by atoms with E-state index in [1.54, 1.807) is 0 Å². The molecule has 1 rings (SSSR count). The third-order valence-corrected chi connectivity index (χ3v) is 3.69. The number of aliphatic hydroxyl groups is 1. The van der Waals surface area contributed by atoms with Crippen molar-refractivity contribution in [3.63, 3.8) is 0 Å². The van der Waals surface area contributed by atoms with Crippen molar-refractivity contribution in [2.75, 3.05) is 24.7 Å². The largest absolute Gasteiger partial charge is 0.391 e. The first-order valence-electron chi connectivity index (χ1n) is 3.78. The number of nitrogens with two attached hydrogens (primary N) is 1. The molecule has 0 amide bonds. The zero-order chi connectivity index (χ0) is 8.32. The Kier molecular flexibility index (Phi) is 2.86. The van der Waals surface area contributed by atoms with Gasteiger partial charge in [0.2, 0.25) is 0 Å². The van der Waals surface area contributed by atoms with E-state index in [-0.39, 0.29) is 18.4 Å². The van der Waals surface area contributed by atoms with Crippen molar-refractivity contribution >= 4 is 9.84 Å². The van der Waals surface area contributed by atoms with Crippen LogP contribution in [-0.2, 0) is 9.84 Å². The first-order valence-corrected chi connectivity index (χ1v) is 5.61. The molecule has 0 bridgehead atoms. The second kappa shape index (κ2) is 3.51. The topological polar surface area (TPSA) is 71.0 Å². The van der Waals surface area contributed by atoms with Gasteiger partial charge in [0.1, 0.15) is 11.8 Å². The molecule has 4 nitrogen and oxygen atoms in total. The third-order valence-electron chi connectivity index (χ3n) is 1.90. The van der Waals surface area contributed by atoms with Crippen LogP contribution >= 0.6 is 0 Å². The molecule has 1 aliphatic heterocycles. The van der Waals surface area contributed by atoms with E-state index < -0.39 is 9.84 Å². The van der Waals surface area contributed by atoms with Crippen LogP contribution in [0, 0.1) is 0 Å². The summed E-state index contributed by atoms with van der Waals surface area (Å²) in [6.07, 6.45) is 0.738. The summed E-state index contributed by atoms with van der Waals surface area (Å²) < 4.78 is 21.8. The van der Waals surface area contributed by atoms with Crippen LogP contribution in [0.4, 0.5) is 0 Å². The molecular weight excluding hydrogens is 166 g/mol. The van der Waals surface area contributed by atoms with Gasteiger partial charge in [-0.2, -0.15) is 0 Å². The summed E-state index contributed by atoms with van der Waals surface area (Å²) in [4.78, 5) is 0. The molecule has 0 saturated carbocycles. The first kappa shape index (κ1) is 8.96. The van der Waals surface area contributed by atoms with Gasteiger partial charge in [0.15, 0.2) is 9.84 Å². The van der Waals surface area contributed by atoms with E-state index in [0.717, 1.165) is 6.42 Å². The van der Waals surface area contributed by atoms with Crippen molar-refractivity contribution in [1.82, 2.24) is 0 Å². The predicted octanol–water partition coefficient (Wildman–Crippen LogP) is -2.27. The summed E-state index contributed by atoms with van der Waals surface area (Å²) in [5.41, 5.74) is 0. The molecule has 1 aliphatic rings. The Morgan fingerprint density at radius 3 is 2.73 bits per heavy atom. The van der Waals surface area contributed by atoms with Gasteiger partial charge in [0.25, 0.3) is 0 Å². The number of sulfone groups is 1. The maximum Gasteiger partial charge on any atom is 0.156 e. The van der Waals surface area contributed by atoms with E-state index in [2.05, 4.69) is 0 Å². The van der Waals surface area contributed by atoms with Crippen LogP contribution in [0.15, 0.2) is 0 Å². The zero-order valence-corrected chi connectivity index (χ0v) is 7.18. The van der Waals surface area contributed by atoms with Gasteiger partial charge in [0.05, 0.1) is 18.9 Å². The van der Waals surface area contributed by atoms with Crippen LogP contribution < -0.4 is 5.32 Å². The lowest BCUT2D eigenvalue weighted by Gasteiger charge is -2.03. The molecule has 3 N–H and O–H groups in total. The minimum absolute atomic E-state index is 0.122. The Morgan fingerprint density at radius 2 is 2.27 bits per heavy atom. The lowest BCUT2D eigenvalue weighted by atomic mass is 10.3. The smallest absolute Gasteiger partial charge is 0.156 e. The Balaban J connectivity index is 2.31. The van der Waals surface area contributed by atoms with Crippen molar-refractivity contribution in [3.05, 3.63) is 0 Å². The Hall–Kier alpha value is -0.130. The molecule has 0 aromatic rings. The standard InChI is InChI=1S/C6H13NO3S/c8-3-2-7-6-1-4-11(9,10)5-6/h6-8H,1-5H2/p+1/t6-/m1/s1. The summed E-state index contributed by atoms with van der Waals surface area (Å²) >= 11 is 0. The van der Waals surface area contributed by atoms with Crippen LogP contribution in [0.1, 0.15) is 6.42 Å². The quantitative estimate of drug-likeness (QED) is 0.514. The van der Waals surface area contributed by atoms with Crippen LogP contribution in [-0.4, -0.2) is 44.2 Å². The molecule has 0 aromatic heterocycles. The fourth-order valence-corrected chi connectivity index (χ4v) is 3.10. The van der Waals surface area contributed by atoms with E-state index in [4.69, 9.17) is 5.11 Å².